The van der Waals surface area contributed by atoms with Gasteiger partial charge in [-0.3, -0.25) is 9.59 Å². The molecule has 1 aromatic rings. The summed E-state index contributed by atoms with van der Waals surface area (Å²) in [5.74, 6) is -1.11. The Kier molecular flexibility index (Phi) is 3.64. The van der Waals surface area contributed by atoms with Crippen LogP contribution in [0.2, 0.25) is 0 Å². The molecule has 19 heavy (non-hydrogen) atoms. The molecule has 0 aromatic heterocycles. The molecule has 1 atom stereocenters. The predicted molar refractivity (Wildman–Crippen MR) is 71.9 cm³/mol. The van der Waals surface area contributed by atoms with Crippen molar-refractivity contribution in [1.29, 1.82) is 0 Å². The second kappa shape index (κ2) is 5.22. The van der Waals surface area contributed by atoms with E-state index >= 15 is 0 Å². The fraction of sp³-hybridized carbons (Fsp3) is 0.357. The molecule has 1 unspecified atom stereocenters. The molecule has 5 heteroatoms. The molecule has 1 aliphatic rings. The second-order valence-corrected chi connectivity index (χ2v) is 4.56. The Morgan fingerprint density at radius 2 is 1.95 bits per heavy atom. The van der Waals surface area contributed by atoms with Gasteiger partial charge in [0.1, 0.15) is 0 Å². The van der Waals surface area contributed by atoms with Gasteiger partial charge >= 0.3 is 5.97 Å². The molecule has 1 heterocycles. The van der Waals surface area contributed by atoms with Gasteiger partial charge in [-0.1, -0.05) is 17.7 Å². The maximum atomic E-state index is 12.3. The van der Waals surface area contributed by atoms with Crippen molar-refractivity contribution >= 4 is 23.3 Å². The minimum absolute atomic E-state index is 0.0348. The largest absolute Gasteiger partial charge is 0.469 e. The first-order valence-electron chi connectivity index (χ1n) is 6.05. The quantitative estimate of drug-likeness (QED) is 0.780. The fourth-order valence-electron chi connectivity index (χ4n) is 1.96. The number of anilines is 1. The van der Waals surface area contributed by atoms with Crippen molar-refractivity contribution in [3.63, 3.8) is 0 Å². The molecule has 5 nitrogen and oxygen atoms in total. The normalized spacial score (nSPS) is 18.5. The number of hydrogen-bond donors (Lipinski definition) is 0. The smallest absolute Gasteiger partial charge is 0.306 e. The lowest BCUT2D eigenvalue weighted by Crippen LogP contribution is -2.29. The number of ether oxygens (including phenoxy) is 1. The molecule has 0 aliphatic carbocycles. The van der Waals surface area contributed by atoms with Crippen molar-refractivity contribution in [3.05, 3.63) is 29.8 Å². The highest BCUT2D eigenvalue weighted by Crippen LogP contribution is 2.26. The molecule has 2 rings (SSSR count). The van der Waals surface area contributed by atoms with Crippen LogP contribution in [0.1, 0.15) is 18.9 Å². The van der Waals surface area contributed by atoms with Gasteiger partial charge in [0.25, 0.3) is 5.91 Å². The molecule has 1 aliphatic heterocycles. The number of methoxy groups -OCH3 is 1. The Labute approximate surface area is 111 Å². The number of hydrogen-bond acceptors (Lipinski definition) is 4. The fourth-order valence-corrected chi connectivity index (χ4v) is 1.96. The van der Waals surface area contributed by atoms with E-state index in [1.807, 2.05) is 31.2 Å². The van der Waals surface area contributed by atoms with Crippen molar-refractivity contribution in [2.45, 2.75) is 20.3 Å². The Balaban J connectivity index is 2.20. The predicted octanol–water partition coefficient (Wildman–Crippen LogP) is 1.90. The van der Waals surface area contributed by atoms with Gasteiger partial charge in [0.2, 0.25) is 0 Å². The van der Waals surface area contributed by atoms with Crippen LogP contribution >= 0.6 is 0 Å². The number of carbonyl (C=O) groups is 2. The average Bonchev–Trinajstić information content (AvgIpc) is 2.67. The lowest BCUT2D eigenvalue weighted by Gasteiger charge is -2.14. The van der Waals surface area contributed by atoms with Gasteiger partial charge in [-0.05, 0) is 26.0 Å². The number of nitrogens with zero attached hydrogens (tertiary/aromatic N) is 2. The van der Waals surface area contributed by atoms with Crippen LogP contribution in [0.3, 0.4) is 0 Å². The number of carbonyl (C=O) groups excluding carboxylic acids is 2. The Hall–Kier alpha value is -2.17. The highest BCUT2D eigenvalue weighted by Gasteiger charge is 2.36. The summed E-state index contributed by atoms with van der Waals surface area (Å²) in [6, 6.07) is 7.51. The van der Waals surface area contributed by atoms with E-state index < -0.39 is 11.9 Å². The Morgan fingerprint density at radius 3 is 2.53 bits per heavy atom. The third kappa shape index (κ3) is 2.65. The van der Waals surface area contributed by atoms with Crippen LogP contribution in [0.15, 0.2) is 29.4 Å². The van der Waals surface area contributed by atoms with Crippen molar-refractivity contribution in [3.8, 4) is 0 Å². The molecule has 0 spiro atoms. The molecule has 1 aromatic carbocycles. The van der Waals surface area contributed by atoms with E-state index in [2.05, 4.69) is 9.84 Å². The zero-order chi connectivity index (χ0) is 14.0. The van der Waals surface area contributed by atoms with E-state index in [1.54, 1.807) is 6.92 Å². The summed E-state index contributed by atoms with van der Waals surface area (Å²) in [5.41, 5.74) is 2.46. The number of esters is 1. The van der Waals surface area contributed by atoms with Gasteiger partial charge in [0.05, 0.1) is 25.1 Å². The van der Waals surface area contributed by atoms with Crippen LogP contribution in [-0.4, -0.2) is 24.7 Å². The second-order valence-electron chi connectivity index (χ2n) is 4.56. The summed E-state index contributed by atoms with van der Waals surface area (Å²) >= 11 is 0. The lowest BCUT2D eigenvalue weighted by atomic mass is 10.0. The topological polar surface area (TPSA) is 59.0 Å². The van der Waals surface area contributed by atoms with Gasteiger partial charge in [0.15, 0.2) is 0 Å². The summed E-state index contributed by atoms with van der Waals surface area (Å²) in [4.78, 5) is 23.6. The lowest BCUT2D eigenvalue weighted by molar-refractivity contribution is -0.142. The monoisotopic (exact) mass is 260 g/mol. The average molecular weight is 260 g/mol. The van der Waals surface area contributed by atoms with Crippen LogP contribution in [0.5, 0.6) is 0 Å². The zero-order valence-corrected chi connectivity index (χ0v) is 11.2. The summed E-state index contributed by atoms with van der Waals surface area (Å²) in [7, 11) is 1.31. The third-order valence-corrected chi connectivity index (χ3v) is 3.15. The number of rotatable bonds is 3. The first-order valence-corrected chi connectivity index (χ1v) is 6.05. The van der Waals surface area contributed by atoms with Gasteiger partial charge in [-0.2, -0.15) is 5.10 Å². The molecule has 100 valence electrons. The molecule has 0 saturated carbocycles. The molecule has 0 bridgehead atoms. The minimum atomic E-state index is -0.520. The highest BCUT2D eigenvalue weighted by molar-refractivity contribution is 6.16. The van der Waals surface area contributed by atoms with Crippen molar-refractivity contribution in [1.82, 2.24) is 0 Å². The van der Waals surface area contributed by atoms with Crippen LogP contribution in [0, 0.1) is 12.8 Å². The standard InChI is InChI=1S/C14H16N2O3/c1-9-4-6-11(7-5-9)16-14(18)12(10(2)15-16)8-13(17)19-3/h4-7,12H,8H2,1-3H3. The first-order chi connectivity index (χ1) is 9.02. The Bertz CT molecular complexity index is 534. The molecule has 0 N–H and O–H groups in total. The van der Waals surface area contributed by atoms with E-state index in [9.17, 15) is 9.59 Å². The van der Waals surface area contributed by atoms with Gasteiger partial charge in [-0.25, -0.2) is 5.01 Å². The third-order valence-electron chi connectivity index (χ3n) is 3.15. The van der Waals surface area contributed by atoms with Gasteiger partial charge in [-0.15, -0.1) is 0 Å². The highest BCUT2D eigenvalue weighted by atomic mass is 16.5. The molecular weight excluding hydrogens is 244 g/mol. The van der Waals surface area contributed by atoms with E-state index in [-0.39, 0.29) is 12.3 Å². The van der Waals surface area contributed by atoms with Crippen molar-refractivity contribution < 1.29 is 14.3 Å². The minimum Gasteiger partial charge on any atom is -0.469 e. The van der Waals surface area contributed by atoms with Crippen molar-refractivity contribution in [2.24, 2.45) is 11.0 Å². The summed E-state index contributed by atoms with van der Waals surface area (Å²) in [6.07, 6.45) is 0.0348. The summed E-state index contributed by atoms with van der Waals surface area (Å²) < 4.78 is 4.60. The molecule has 0 radical (unpaired) electrons. The molecule has 1 amide bonds. The van der Waals surface area contributed by atoms with Crippen LogP contribution in [-0.2, 0) is 14.3 Å². The van der Waals surface area contributed by atoms with E-state index in [0.717, 1.165) is 5.56 Å². The van der Waals surface area contributed by atoms with E-state index in [0.29, 0.717) is 11.4 Å². The molecular formula is C14H16N2O3. The number of benzene rings is 1. The van der Waals surface area contributed by atoms with Crippen LogP contribution < -0.4 is 5.01 Å². The first kappa shape index (κ1) is 13.3. The SMILES string of the molecule is COC(=O)CC1C(=O)N(c2ccc(C)cc2)N=C1C. The van der Waals surface area contributed by atoms with E-state index in [4.69, 9.17) is 0 Å². The maximum absolute atomic E-state index is 12.3. The molecule has 0 saturated heterocycles. The Morgan fingerprint density at radius 1 is 1.32 bits per heavy atom. The number of amides is 1. The van der Waals surface area contributed by atoms with E-state index in [1.165, 1.54) is 12.1 Å². The van der Waals surface area contributed by atoms with Crippen molar-refractivity contribution in [2.75, 3.05) is 12.1 Å². The molecule has 0 fully saturated rings. The van der Waals surface area contributed by atoms with Gasteiger partial charge in [0, 0.05) is 5.71 Å². The maximum Gasteiger partial charge on any atom is 0.306 e. The van der Waals surface area contributed by atoms with Crippen LogP contribution in [0.4, 0.5) is 5.69 Å². The number of hydrazone groups is 1. The van der Waals surface area contributed by atoms with Gasteiger partial charge < -0.3 is 4.74 Å². The van der Waals surface area contributed by atoms with Crippen LogP contribution in [0.25, 0.3) is 0 Å². The summed E-state index contributed by atoms with van der Waals surface area (Å²) in [6.45, 7) is 3.73. The summed E-state index contributed by atoms with van der Waals surface area (Å²) in [5, 5.41) is 5.58. The zero-order valence-electron chi connectivity index (χ0n) is 11.2. The number of aryl methyl sites for hydroxylation is 1.